The maximum atomic E-state index is 13.3. The number of aliphatic hydroxyl groups excluding tert-OH is 1. The van der Waals surface area contributed by atoms with Crippen LogP contribution in [0.15, 0.2) is 11.1 Å². The van der Waals surface area contributed by atoms with Gasteiger partial charge in [0.2, 0.25) is 17.7 Å². The summed E-state index contributed by atoms with van der Waals surface area (Å²) >= 11 is 0. The van der Waals surface area contributed by atoms with E-state index in [-0.39, 0.29) is 41.8 Å². The number of amides is 3. The molecule has 4 aliphatic carbocycles. The fourth-order valence-corrected chi connectivity index (χ4v) is 12.8. The predicted molar refractivity (Wildman–Crippen MR) is 207 cm³/mol. The molecule has 0 aromatic rings. The average Bonchev–Trinajstić information content (AvgIpc) is 3.88. The van der Waals surface area contributed by atoms with Gasteiger partial charge >= 0.3 is 0 Å². The fourth-order valence-electron chi connectivity index (χ4n) is 12.8. The zero-order valence-corrected chi connectivity index (χ0v) is 33.3. The summed E-state index contributed by atoms with van der Waals surface area (Å²) < 4.78 is 13.2. The smallest absolute Gasteiger partial charge is 0.249 e. The first kappa shape index (κ1) is 39.0. The van der Waals surface area contributed by atoms with Crippen molar-refractivity contribution in [2.45, 2.75) is 172 Å². The second-order valence-electron chi connectivity index (χ2n) is 18.6. The number of nitrogens with one attached hydrogen (secondary N) is 1. The number of carbonyl (C=O) groups excluding carboxylic acids is 3. The van der Waals surface area contributed by atoms with Crippen LogP contribution in [0.3, 0.4) is 0 Å². The molecule has 6 atom stereocenters. The van der Waals surface area contributed by atoms with Gasteiger partial charge in [0.15, 0.2) is 0 Å². The molecule has 4 saturated heterocycles. The summed E-state index contributed by atoms with van der Waals surface area (Å²) in [5, 5.41) is 12.7. The van der Waals surface area contributed by atoms with Crippen molar-refractivity contribution in [1.29, 1.82) is 0 Å². The summed E-state index contributed by atoms with van der Waals surface area (Å²) in [5.74, 6) is 1.82. The van der Waals surface area contributed by atoms with Crippen LogP contribution >= 0.6 is 0 Å². The van der Waals surface area contributed by atoms with Gasteiger partial charge in [-0.05, 0) is 114 Å². The molecule has 8 fully saturated rings. The number of carbonyl (C=O) groups is 3. The molecular weight excluding hydrogens is 681 g/mol. The molecular formula is C44H70N4O6. The van der Waals surface area contributed by atoms with Crippen LogP contribution < -0.4 is 5.32 Å². The number of aliphatic hydroxyl groups is 1. The van der Waals surface area contributed by atoms with E-state index < -0.39 is 6.04 Å². The Morgan fingerprint density at radius 2 is 1.39 bits per heavy atom. The van der Waals surface area contributed by atoms with Gasteiger partial charge in [-0.15, -0.1) is 0 Å². The van der Waals surface area contributed by atoms with Gasteiger partial charge in [0.25, 0.3) is 0 Å². The number of likely N-dealkylation sites (tertiary alicyclic amines) is 3. The second kappa shape index (κ2) is 17.7. The molecule has 0 aromatic carbocycles. The van der Waals surface area contributed by atoms with Gasteiger partial charge in [0, 0.05) is 63.1 Å². The summed E-state index contributed by atoms with van der Waals surface area (Å²) in [6.07, 6.45) is 22.6. The van der Waals surface area contributed by atoms with E-state index in [0.717, 1.165) is 76.7 Å². The highest BCUT2D eigenvalue weighted by Gasteiger charge is 2.50. The number of ether oxygens (including phenoxy) is 2. The van der Waals surface area contributed by atoms with Gasteiger partial charge in [-0.25, -0.2) is 0 Å². The van der Waals surface area contributed by atoms with Crippen molar-refractivity contribution in [3.05, 3.63) is 11.1 Å². The summed E-state index contributed by atoms with van der Waals surface area (Å²) in [4.78, 5) is 44.6. The maximum Gasteiger partial charge on any atom is 0.249 e. The molecule has 54 heavy (non-hydrogen) atoms. The molecule has 0 radical (unpaired) electrons. The normalized spacial score (nSPS) is 38.9. The number of allylic oxidation sites excluding steroid dienone is 2. The van der Waals surface area contributed by atoms with Crippen molar-refractivity contribution in [2.24, 2.45) is 29.6 Å². The summed E-state index contributed by atoms with van der Waals surface area (Å²) in [5.41, 5.74) is 3.68. The number of hydrogen-bond donors (Lipinski definition) is 2. The Labute approximate surface area is 324 Å². The van der Waals surface area contributed by atoms with E-state index in [9.17, 15) is 19.5 Å². The SMILES string of the molecule is CC/C(=C(\C1CCC(O)CC1)C1CCC(OCCN2CC3CC2CN3CCOC2CCCC3C(=O)N(C4CCC(=O)NC4=O)CC23)CC1)C1CCCCC1. The molecule has 3 amide bonds. The van der Waals surface area contributed by atoms with Gasteiger partial charge in [0.1, 0.15) is 6.04 Å². The third kappa shape index (κ3) is 8.53. The van der Waals surface area contributed by atoms with Crippen LogP contribution in [0.1, 0.15) is 135 Å². The lowest BCUT2D eigenvalue weighted by Gasteiger charge is -2.40. The highest BCUT2D eigenvalue weighted by atomic mass is 16.5. The third-order valence-electron chi connectivity index (χ3n) is 15.6. The van der Waals surface area contributed by atoms with Crippen LogP contribution in [-0.4, -0.2) is 120 Å². The van der Waals surface area contributed by atoms with E-state index in [0.29, 0.717) is 50.1 Å². The minimum Gasteiger partial charge on any atom is -0.393 e. The van der Waals surface area contributed by atoms with Crippen molar-refractivity contribution in [3.63, 3.8) is 0 Å². The topological polar surface area (TPSA) is 112 Å². The Hall–Kier alpha value is -1.85. The molecule has 0 aromatic heterocycles. The minimum absolute atomic E-state index is 0.0592. The first-order chi connectivity index (χ1) is 26.4. The molecule has 302 valence electrons. The Balaban J connectivity index is 0.754. The zero-order chi connectivity index (χ0) is 37.2. The largest absolute Gasteiger partial charge is 0.393 e. The predicted octanol–water partition coefficient (Wildman–Crippen LogP) is 5.61. The quantitative estimate of drug-likeness (QED) is 0.185. The van der Waals surface area contributed by atoms with Gasteiger partial charge in [0.05, 0.1) is 31.5 Å². The number of nitrogens with zero attached hydrogens (tertiary/aromatic N) is 3. The molecule has 8 rings (SSSR count). The van der Waals surface area contributed by atoms with Crippen molar-refractivity contribution in [3.8, 4) is 0 Å². The fraction of sp³-hybridized carbons (Fsp3) is 0.886. The van der Waals surface area contributed by atoms with Crippen molar-refractivity contribution < 1.29 is 29.0 Å². The van der Waals surface area contributed by atoms with E-state index in [4.69, 9.17) is 9.47 Å². The van der Waals surface area contributed by atoms with E-state index in [1.54, 1.807) is 4.90 Å². The first-order valence-corrected chi connectivity index (χ1v) is 22.6. The number of fused-ring (bicyclic) bond motifs is 3. The maximum absolute atomic E-state index is 13.3. The molecule has 2 bridgehead atoms. The Bertz CT molecular complexity index is 1350. The van der Waals surface area contributed by atoms with Gasteiger partial charge in [-0.3, -0.25) is 29.5 Å². The van der Waals surface area contributed by atoms with E-state index >= 15 is 0 Å². The molecule has 2 N–H and O–H groups in total. The Kier molecular flexibility index (Phi) is 12.8. The molecule has 4 heterocycles. The Morgan fingerprint density at radius 3 is 2.04 bits per heavy atom. The lowest BCUT2D eigenvalue weighted by Crippen LogP contribution is -2.53. The summed E-state index contributed by atoms with van der Waals surface area (Å²) in [6.45, 7) is 8.71. The Morgan fingerprint density at radius 1 is 0.722 bits per heavy atom. The van der Waals surface area contributed by atoms with Crippen LogP contribution in [0.25, 0.3) is 0 Å². The van der Waals surface area contributed by atoms with Crippen LogP contribution in [0, 0.1) is 29.6 Å². The van der Waals surface area contributed by atoms with Gasteiger partial charge in [-0.2, -0.15) is 0 Å². The third-order valence-corrected chi connectivity index (χ3v) is 15.6. The van der Waals surface area contributed by atoms with Crippen LogP contribution in [0.5, 0.6) is 0 Å². The number of imide groups is 1. The lowest BCUT2D eigenvalue weighted by molar-refractivity contribution is -0.144. The van der Waals surface area contributed by atoms with Gasteiger partial charge in [-0.1, -0.05) is 43.8 Å². The van der Waals surface area contributed by atoms with Crippen LogP contribution in [-0.2, 0) is 23.9 Å². The highest BCUT2D eigenvalue weighted by Crippen LogP contribution is 2.46. The highest BCUT2D eigenvalue weighted by molar-refractivity contribution is 6.02. The van der Waals surface area contributed by atoms with Crippen molar-refractivity contribution in [2.75, 3.05) is 45.9 Å². The molecule has 0 spiro atoms. The van der Waals surface area contributed by atoms with Crippen LogP contribution in [0.2, 0.25) is 0 Å². The molecule has 10 nitrogen and oxygen atoms in total. The zero-order valence-electron chi connectivity index (χ0n) is 33.3. The summed E-state index contributed by atoms with van der Waals surface area (Å²) in [7, 11) is 0. The molecule has 6 unspecified atom stereocenters. The van der Waals surface area contributed by atoms with Gasteiger partial charge < -0.3 is 19.5 Å². The van der Waals surface area contributed by atoms with E-state index in [2.05, 4.69) is 22.0 Å². The lowest BCUT2D eigenvalue weighted by atomic mass is 9.68. The monoisotopic (exact) mass is 751 g/mol. The number of rotatable bonds is 13. The minimum atomic E-state index is -0.520. The number of piperidine rings is 1. The van der Waals surface area contributed by atoms with E-state index in [1.165, 1.54) is 83.5 Å². The van der Waals surface area contributed by atoms with E-state index in [1.807, 2.05) is 11.1 Å². The molecule has 4 saturated carbocycles. The van der Waals surface area contributed by atoms with Crippen molar-refractivity contribution in [1.82, 2.24) is 20.0 Å². The second-order valence-corrected chi connectivity index (χ2v) is 18.6. The molecule has 10 heteroatoms. The number of piperazine rings is 1. The first-order valence-electron chi connectivity index (χ1n) is 22.6. The summed E-state index contributed by atoms with van der Waals surface area (Å²) in [6, 6.07) is 0.678. The number of hydrogen-bond acceptors (Lipinski definition) is 8. The molecule has 8 aliphatic rings. The van der Waals surface area contributed by atoms with Crippen molar-refractivity contribution >= 4 is 17.7 Å². The molecule has 4 aliphatic heterocycles. The van der Waals surface area contributed by atoms with Crippen LogP contribution in [0.4, 0.5) is 0 Å². The average molecular weight is 751 g/mol. The standard InChI is InChI=1S/C44H70N4O6/c1-2-36(29-7-4-3-5-8-29)42(30-11-15-34(49)16-12-30)31-13-17-35(18-14-31)53-23-21-46-26-33-25-32(46)27-47(33)22-24-54-40-10-6-9-37-38(40)28-48(44(37)52)39-19-20-41(50)45-43(39)51/h29-35,37-40,49H,2-28H2,1H3,(H,45,50,51)/b42-36-.